The van der Waals surface area contributed by atoms with Gasteiger partial charge in [-0.1, -0.05) is 90.2 Å². The summed E-state index contributed by atoms with van der Waals surface area (Å²) in [7, 11) is 0. The van der Waals surface area contributed by atoms with E-state index in [0.717, 1.165) is 44.9 Å². The first-order valence-electron chi connectivity index (χ1n) is 13.2. The first-order chi connectivity index (χ1) is 15.6. The van der Waals surface area contributed by atoms with E-state index >= 15 is 0 Å². The van der Waals surface area contributed by atoms with E-state index < -0.39 is 6.10 Å². The zero-order chi connectivity index (χ0) is 23.7. The predicted octanol–water partition coefficient (Wildman–Crippen LogP) is 7.05. The lowest BCUT2D eigenvalue weighted by molar-refractivity contribution is -0.161. The van der Waals surface area contributed by atoms with E-state index in [4.69, 9.17) is 9.47 Å². The van der Waals surface area contributed by atoms with Crippen molar-refractivity contribution < 1.29 is 24.2 Å². The minimum absolute atomic E-state index is 0.0666. The zero-order valence-corrected chi connectivity index (χ0v) is 21.0. The van der Waals surface area contributed by atoms with Crippen LogP contribution in [0, 0.1) is 0 Å². The van der Waals surface area contributed by atoms with Crippen LogP contribution in [0.2, 0.25) is 0 Å². The molecule has 5 heteroatoms. The van der Waals surface area contributed by atoms with Crippen LogP contribution in [0.4, 0.5) is 0 Å². The molecular weight excluding hydrogens is 404 g/mol. The molecule has 1 atom stereocenters. The highest BCUT2D eigenvalue weighted by molar-refractivity contribution is 5.70. The number of allylic oxidation sites excluding steroid dienone is 2. The van der Waals surface area contributed by atoms with E-state index in [2.05, 4.69) is 26.0 Å². The van der Waals surface area contributed by atoms with Crippen LogP contribution in [0.3, 0.4) is 0 Å². The Labute approximate surface area is 197 Å². The molecule has 0 aromatic heterocycles. The van der Waals surface area contributed by atoms with Crippen LogP contribution >= 0.6 is 0 Å². The molecule has 0 radical (unpaired) electrons. The van der Waals surface area contributed by atoms with E-state index in [-0.39, 0.29) is 25.2 Å². The highest BCUT2D eigenvalue weighted by atomic mass is 16.6. The number of aliphatic hydroxyl groups is 1. The molecule has 0 fully saturated rings. The van der Waals surface area contributed by atoms with E-state index in [0.29, 0.717) is 12.8 Å². The molecule has 0 saturated carbocycles. The van der Waals surface area contributed by atoms with Crippen molar-refractivity contribution in [3.63, 3.8) is 0 Å². The van der Waals surface area contributed by atoms with Gasteiger partial charge in [-0.25, -0.2) is 0 Å². The maximum atomic E-state index is 12.0. The van der Waals surface area contributed by atoms with Gasteiger partial charge in [-0.15, -0.1) is 0 Å². The number of unbranched alkanes of at least 4 members (excludes halogenated alkanes) is 13. The standard InChI is InChI=1S/C27H50O5/c1-3-5-7-9-11-12-13-14-15-16-18-20-22-27(30)32-25(23-28)24-31-26(29)21-19-17-10-8-6-4-2/h11-12,25,28H,3-10,13-24H2,1-2H3/b12-11-. The summed E-state index contributed by atoms with van der Waals surface area (Å²) >= 11 is 0. The Hall–Kier alpha value is -1.36. The molecule has 0 bridgehead atoms. The first kappa shape index (κ1) is 30.6. The van der Waals surface area contributed by atoms with Gasteiger partial charge in [0.25, 0.3) is 0 Å². The second-order valence-corrected chi connectivity index (χ2v) is 8.77. The van der Waals surface area contributed by atoms with Crippen molar-refractivity contribution in [1.82, 2.24) is 0 Å². The Balaban J connectivity index is 3.63. The number of hydrogen-bond donors (Lipinski definition) is 1. The highest BCUT2D eigenvalue weighted by Gasteiger charge is 2.16. The average Bonchev–Trinajstić information content (AvgIpc) is 2.79. The number of aliphatic hydroxyl groups excluding tert-OH is 1. The summed E-state index contributed by atoms with van der Waals surface area (Å²) in [5, 5.41) is 9.38. The summed E-state index contributed by atoms with van der Waals surface area (Å²) in [6, 6.07) is 0. The molecule has 0 aliphatic carbocycles. The summed E-state index contributed by atoms with van der Waals surface area (Å²) in [5.74, 6) is -0.614. The Morgan fingerprint density at radius 1 is 0.688 bits per heavy atom. The van der Waals surface area contributed by atoms with Crippen molar-refractivity contribution in [3.8, 4) is 0 Å². The van der Waals surface area contributed by atoms with Gasteiger partial charge in [0.1, 0.15) is 6.61 Å². The van der Waals surface area contributed by atoms with Crippen molar-refractivity contribution in [3.05, 3.63) is 12.2 Å². The van der Waals surface area contributed by atoms with Crippen LogP contribution in [0.25, 0.3) is 0 Å². The fourth-order valence-electron chi connectivity index (χ4n) is 3.49. The lowest BCUT2D eigenvalue weighted by Gasteiger charge is -2.15. The molecule has 0 aromatic rings. The fourth-order valence-corrected chi connectivity index (χ4v) is 3.49. The fraction of sp³-hybridized carbons (Fsp3) is 0.852. The van der Waals surface area contributed by atoms with Crippen molar-refractivity contribution in [2.24, 2.45) is 0 Å². The molecule has 1 unspecified atom stereocenters. The van der Waals surface area contributed by atoms with Crippen molar-refractivity contribution >= 4 is 11.9 Å². The van der Waals surface area contributed by atoms with E-state index in [1.165, 1.54) is 57.8 Å². The van der Waals surface area contributed by atoms with Gasteiger partial charge in [0.15, 0.2) is 6.10 Å². The van der Waals surface area contributed by atoms with Crippen molar-refractivity contribution in [1.29, 1.82) is 0 Å². The number of hydrogen-bond acceptors (Lipinski definition) is 5. The molecule has 32 heavy (non-hydrogen) atoms. The number of ether oxygens (including phenoxy) is 2. The quantitative estimate of drug-likeness (QED) is 0.102. The Morgan fingerprint density at radius 2 is 1.16 bits per heavy atom. The molecule has 0 aliphatic rings. The minimum atomic E-state index is -0.764. The summed E-state index contributed by atoms with van der Waals surface area (Å²) in [5.41, 5.74) is 0. The zero-order valence-electron chi connectivity index (χ0n) is 21.0. The molecule has 0 saturated heterocycles. The molecule has 0 heterocycles. The van der Waals surface area contributed by atoms with Crippen LogP contribution < -0.4 is 0 Å². The third kappa shape index (κ3) is 21.9. The third-order valence-corrected chi connectivity index (χ3v) is 5.56. The summed E-state index contributed by atoms with van der Waals surface area (Å²) in [4.78, 5) is 23.7. The molecule has 0 rings (SSSR count). The van der Waals surface area contributed by atoms with Crippen LogP contribution in [-0.2, 0) is 19.1 Å². The van der Waals surface area contributed by atoms with Crippen molar-refractivity contribution in [2.45, 2.75) is 136 Å². The maximum Gasteiger partial charge on any atom is 0.306 e. The SMILES string of the molecule is CCCCC/C=C\CCCCCCCC(=O)OC(CO)COC(=O)CCCCCCCC. The van der Waals surface area contributed by atoms with Crippen LogP contribution in [0.1, 0.15) is 129 Å². The van der Waals surface area contributed by atoms with Gasteiger partial charge in [-0.3, -0.25) is 9.59 Å². The van der Waals surface area contributed by atoms with E-state index in [1.807, 2.05) is 0 Å². The molecule has 0 aliphatic heterocycles. The van der Waals surface area contributed by atoms with Gasteiger partial charge >= 0.3 is 11.9 Å². The van der Waals surface area contributed by atoms with Gasteiger partial charge in [-0.05, 0) is 38.5 Å². The number of rotatable bonds is 23. The van der Waals surface area contributed by atoms with Gasteiger partial charge in [0, 0.05) is 12.8 Å². The summed E-state index contributed by atoms with van der Waals surface area (Å²) in [6.45, 7) is 4.01. The molecule has 188 valence electrons. The van der Waals surface area contributed by atoms with Crippen LogP contribution in [-0.4, -0.2) is 36.4 Å². The topological polar surface area (TPSA) is 72.8 Å². The normalized spacial score (nSPS) is 12.2. The lowest BCUT2D eigenvalue weighted by atomic mass is 10.1. The molecule has 5 nitrogen and oxygen atoms in total. The average molecular weight is 455 g/mol. The molecular formula is C27H50O5. The van der Waals surface area contributed by atoms with E-state index in [1.54, 1.807) is 0 Å². The van der Waals surface area contributed by atoms with Crippen LogP contribution in [0.5, 0.6) is 0 Å². The second kappa shape index (κ2) is 24.3. The Bertz CT molecular complexity index is 461. The van der Waals surface area contributed by atoms with Gasteiger partial charge < -0.3 is 14.6 Å². The summed E-state index contributed by atoms with van der Waals surface area (Å²) in [6.07, 6.45) is 22.7. The number of carbonyl (C=O) groups is 2. The summed E-state index contributed by atoms with van der Waals surface area (Å²) < 4.78 is 10.4. The first-order valence-corrected chi connectivity index (χ1v) is 13.2. The maximum absolute atomic E-state index is 12.0. The third-order valence-electron chi connectivity index (χ3n) is 5.56. The number of carbonyl (C=O) groups excluding carboxylic acids is 2. The molecule has 0 aromatic carbocycles. The van der Waals surface area contributed by atoms with Crippen molar-refractivity contribution in [2.75, 3.05) is 13.2 Å². The number of esters is 2. The highest BCUT2D eigenvalue weighted by Crippen LogP contribution is 2.10. The van der Waals surface area contributed by atoms with E-state index in [9.17, 15) is 14.7 Å². The molecule has 0 spiro atoms. The molecule has 0 amide bonds. The molecule has 1 N–H and O–H groups in total. The minimum Gasteiger partial charge on any atom is -0.462 e. The Morgan fingerprint density at radius 3 is 1.75 bits per heavy atom. The van der Waals surface area contributed by atoms with Gasteiger partial charge in [0.2, 0.25) is 0 Å². The van der Waals surface area contributed by atoms with Gasteiger partial charge in [0.05, 0.1) is 6.61 Å². The van der Waals surface area contributed by atoms with Crippen LogP contribution in [0.15, 0.2) is 12.2 Å². The van der Waals surface area contributed by atoms with Gasteiger partial charge in [-0.2, -0.15) is 0 Å². The monoisotopic (exact) mass is 454 g/mol. The smallest absolute Gasteiger partial charge is 0.306 e. The Kier molecular flexibility index (Phi) is 23.3. The lowest BCUT2D eigenvalue weighted by Crippen LogP contribution is -2.28. The predicted molar refractivity (Wildman–Crippen MR) is 132 cm³/mol. The largest absolute Gasteiger partial charge is 0.462 e. The second-order valence-electron chi connectivity index (χ2n) is 8.77.